The highest BCUT2D eigenvalue weighted by Gasteiger charge is 2.18. The fourth-order valence-corrected chi connectivity index (χ4v) is 2.83. The third kappa shape index (κ3) is 4.47. The number of carbonyl (C=O) groups is 2. The van der Waals surface area contributed by atoms with Gasteiger partial charge < -0.3 is 10.1 Å². The van der Waals surface area contributed by atoms with Gasteiger partial charge in [0.05, 0.1) is 0 Å². The van der Waals surface area contributed by atoms with Crippen LogP contribution >= 0.6 is 11.8 Å². The summed E-state index contributed by atoms with van der Waals surface area (Å²) >= 11 is 1.45. The predicted molar refractivity (Wildman–Crippen MR) is 94.6 cm³/mol. The summed E-state index contributed by atoms with van der Waals surface area (Å²) in [6.45, 7) is 7.69. The van der Waals surface area contributed by atoms with Crippen LogP contribution in [-0.4, -0.2) is 50.4 Å². The van der Waals surface area contributed by atoms with E-state index in [4.69, 9.17) is 4.74 Å². The van der Waals surface area contributed by atoms with Crippen molar-refractivity contribution in [2.75, 3.05) is 12.8 Å². The van der Waals surface area contributed by atoms with Crippen LogP contribution in [0.1, 0.15) is 37.2 Å². The normalized spacial score (nSPS) is 12.2. The molecule has 0 saturated carbocycles. The minimum absolute atomic E-state index is 0.169. The van der Waals surface area contributed by atoms with Crippen molar-refractivity contribution >= 4 is 29.4 Å². The smallest absolute Gasteiger partial charge is 0.306 e. The van der Waals surface area contributed by atoms with Gasteiger partial charge in [0.15, 0.2) is 6.10 Å². The zero-order valence-electron chi connectivity index (χ0n) is 15.1. The van der Waals surface area contributed by atoms with Crippen LogP contribution in [0.5, 0.6) is 0 Å². The molecule has 136 valence electrons. The fourth-order valence-electron chi connectivity index (χ4n) is 2.49. The maximum Gasteiger partial charge on any atom is 0.306 e. The summed E-state index contributed by atoms with van der Waals surface area (Å²) in [5.74, 6) is -0.157. The third-order valence-corrected chi connectivity index (χ3v) is 4.36. The Balaban J connectivity index is 2.07. The van der Waals surface area contributed by atoms with Gasteiger partial charge in [-0.2, -0.15) is 4.98 Å². The standard InChI is InChI=1S/C16H23N5O3S/c1-6-17-14(23)11(4)24-13(22)8-7-12-9(2)18-15-19-16(25-5)20-21(15)10(12)3/h11H,6-8H2,1-5H3,(H,17,23)/t11-/m0/s1. The number of hydrogen-bond donors (Lipinski definition) is 1. The first kappa shape index (κ1) is 19.2. The molecule has 0 saturated heterocycles. The lowest BCUT2D eigenvalue weighted by atomic mass is 10.1. The quantitative estimate of drug-likeness (QED) is 0.586. The van der Waals surface area contributed by atoms with Crippen molar-refractivity contribution in [2.24, 2.45) is 0 Å². The van der Waals surface area contributed by atoms with Gasteiger partial charge in [0, 0.05) is 24.4 Å². The van der Waals surface area contributed by atoms with Crippen LogP contribution in [0.2, 0.25) is 0 Å². The Bertz CT molecular complexity index is 790. The van der Waals surface area contributed by atoms with Gasteiger partial charge in [0.1, 0.15) is 0 Å². The molecule has 0 fully saturated rings. The monoisotopic (exact) mass is 365 g/mol. The van der Waals surface area contributed by atoms with E-state index in [-0.39, 0.29) is 12.3 Å². The second-order valence-corrected chi connectivity index (χ2v) is 6.37. The largest absolute Gasteiger partial charge is 0.453 e. The molecule has 0 bridgehead atoms. The molecule has 8 nitrogen and oxygen atoms in total. The molecule has 0 aliphatic rings. The molecule has 0 unspecified atom stereocenters. The number of fused-ring (bicyclic) bond motifs is 1. The molecule has 1 N–H and O–H groups in total. The van der Waals surface area contributed by atoms with E-state index in [2.05, 4.69) is 20.4 Å². The molecule has 2 aromatic heterocycles. The Hall–Kier alpha value is -2.16. The van der Waals surface area contributed by atoms with Gasteiger partial charge in [-0.15, -0.1) is 5.10 Å². The zero-order valence-corrected chi connectivity index (χ0v) is 15.9. The Labute approximate surface area is 150 Å². The summed E-state index contributed by atoms with van der Waals surface area (Å²) in [5.41, 5.74) is 2.65. The van der Waals surface area contributed by atoms with Crippen LogP contribution in [0, 0.1) is 13.8 Å². The molecule has 2 rings (SSSR count). The minimum Gasteiger partial charge on any atom is -0.453 e. The first-order chi connectivity index (χ1) is 11.9. The molecule has 0 spiro atoms. The van der Waals surface area contributed by atoms with Gasteiger partial charge in [-0.3, -0.25) is 9.59 Å². The van der Waals surface area contributed by atoms with Gasteiger partial charge in [0.2, 0.25) is 5.16 Å². The topological polar surface area (TPSA) is 98.5 Å². The lowest BCUT2D eigenvalue weighted by molar-refractivity contribution is -0.154. The second kappa shape index (κ2) is 8.28. The zero-order chi connectivity index (χ0) is 18.6. The molecule has 2 aromatic rings. The number of rotatable bonds is 7. The fraction of sp³-hybridized carbons (Fsp3) is 0.562. The van der Waals surface area contributed by atoms with E-state index in [1.165, 1.54) is 11.8 Å². The van der Waals surface area contributed by atoms with Gasteiger partial charge in [0.25, 0.3) is 11.7 Å². The number of esters is 1. The number of aromatic nitrogens is 4. The minimum atomic E-state index is -0.797. The summed E-state index contributed by atoms with van der Waals surface area (Å²) in [6, 6.07) is 0. The number of hydrogen-bond acceptors (Lipinski definition) is 7. The van der Waals surface area contributed by atoms with Crippen molar-refractivity contribution < 1.29 is 14.3 Å². The van der Waals surface area contributed by atoms with Crippen molar-refractivity contribution in [1.29, 1.82) is 0 Å². The molecular weight excluding hydrogens is 342 g/mol. The van der Waals surface area contributed by atoms with E-state index in [1.807, 2.05) is 27.0 Å². The van der Waals surface area contributed by atoms with Crippen LogP contribution in [0.25, 0.3) is 5.78 Å². The Morgan fingerprint density at radius 2 is 2.04 bits per heavy atom. The second-order valence-electron chi connectivity index (χ2n) is 5.60. The van der Waals surface area contributed by atoms with Crippen LogP contribution < -0.4 is 5.32 Å². The van der Waals surface area contributed by atoms with Gasteiger partial charge in [-0.05, 0) is 45.9 Å². The van der Waals surface area contributed by atoms with Crippen molar-refractivity contribution in [3.05, 3.63) is 17.0 Å². The van der Waals surface area contributed by atoms with Gasteiger partial charge >= 0.3 is 5.97 Å². The number of thioether (sulfide) groups is 1. The first-order valence-corrected chi connectivity index (χ1v) is 9.33. The number of nitrogens with one attached hydrogen (secondary N) is 1. The lowest BCUT2D eigenvalue weighted by Crippen LogP contribution is -2.35. The van der Waals surface area contributed by atoms with Crippen molar-refractivity contribution in [1.82, 2.24) is 24.9 Å². The van der Waals surface area contributed by atoms with E-state index in [0.29, 0.717) is 23.9 Å². The maximum atomic E-state index is 12.0. The van der Waals surface area contributed by atoms with Gasteiger partial charge in [-0.25, -0.2) is 9.50 Å². The molecule has 9 heteroatoms. The molecular formula is C16H23N5O3S. The lowest BCUT2D eigenvalue weighted by Gasteiger charge is -2.13. The van der Waals surface area contributed by atoms with Crippen LogP contribution in [0.3, 0.4) is 0 Å². The average Bonchev–Trinajstić information content (AvgIpc) is 2.98. The molecule has 0 aromatic carbocycles. The average molecular weight is 365 g/mol. The van der Waals surface area contributed by atoms with Crippen molar-refractivity contribution in [3.63, 3.8) is 0 Å². The number of amides is 1. The van der Waals surface area contributed by atoms with Gasteiger partial charge in [-0.1, -0.05) is 11.8 Å². The van der Waals surface area contributed by atoms with Crippen molar-refractivity contribution in [3.8, 4) is 0 Å². The predicted octanol–water partition coefficient (Wildman–Crippen LogP) is 1.46. The highest BCUT2D eigenvalue weighted by molar-refractivity contribution is 7.98. The number of carbonyl (C=O) groups excluding carboxylic acids is 2. The summed E-state index contributed by atoms with van der Waals surface area (Å²) in [7, 11) is 0. The SMILES string of the molecule is CCNC(=O)[C@H](C)OC(=O)CCc1c(C)nc2nc(SC)nn2c1C. The molecule has 0 radical (unpaired) electrons. The molecule has 0 aliphatic heterocycles. The maximum absolute atomic E-state index is 12.0. The number of likely N-dealkylation sites (N-methyl/N-ethyl adjacent to an activating group) is 1. The van der Waals surface area contributed by atoms with E-state index < -0.39 is 12.1 Å². The Morgan fingerprint density at radius 3 is 2.68 bits per heavy atom. The number of aryl methyl sites for hydroxylation is 2. The molecule has 25 heavy (non-hydrogen) atoms. The Kier molecular flexibility index (Phi) is 6.35. The van der Waals surface area contributed by atoms with E-state index >= 15 is 0 Å². The van der Waals surface area contributed by atoms with Crippen molar-refractivity contribution in [2.45, 2.75) is 51.8 Å². The van der Waals surface area contributed by atoms with Crippen LogP contribution in [-0.2, 0) is 20.7 Å². The van der Waals surface area contributed by atoms with E-state index in [0.717, 1.165) is 17.0 Å². The molecule has 0 aliphatic carbocycles. The molecule has 1 atom stereocenters. The van der Waals surface area contributed by atoms with Crippen LogP contribution in [0.15, 0.2) is 5.16 Å². The van der Waals surface area contributed by atoms with E-state index in [1.54, 1.807) is 11.4 Å². The highest BCUT2D eigenvalue weighted by Crippen LogP contribution is 2.18. The summed E-state index contributed by atoms with van der Waals surface area (Å²) < 4.78 is 6.86. The highest BCUT2D eigenvalue weighted by atomic mass is 32.2. The van der Waals surface area contributed by atoms with E-state index in [9.17, 15) is 9.59 Å². The Morgan fingerprint density at radius 1 is 1.32 bits per heavy atom. The summed E-state index contributed by atoms with van der Waals surface area (Å²) in [5, 5.41) is 7.67. The number of ether oxygens (including phenoxy) is 1. The summed E-state index contributed by atoms with van der Waals surface area (Å²) in [4.78, 5) is 32.4. The third-order valence-electron chi connectivity index (χ3n) is 3.82. The first-order valence-electron chi connectivity index (χ1n) is 8.11. The molecule has 1 amide bonds. The summed E-state index contributed by atoms with van der Waals surface area (Å²) in [6.07, 6.45) is 1.75. The number of nitrogens with zero attached hydrogens (tertiary/aromatic N) is 4. The molecule has 2 heterocycles. The van der Waals surface area contributed by atoms with Crippen LogP contribution in [0.4, 0.5) is 0 Å².